The summed E-state index contributed by atoms with van der Waals surface area (Å²) in [5.74, 6) is -1.19. The minimum absolute atomic E-state index is 0.0365. The summed E-state index contributed by atoms with van der Waals surface area (Å²) in [7, 11) is 1.28. The van der Waals surface area contributed by atoms with Crippen molar-refractivity contribution in [1.29, 1.82) is 0 Å². The van der Waals surface area contributed by atoms with Crippen LogP contribution >= 0.6 is 27.5 Å². The van der Waals surface area contributed by atoms with Crippen molar-refractivity contribution in [3.8, 4) is 5.75 Å². The third kappa shape index (κ3) is 4.72. The van der Waals surface area contributed by atoms with E-state index < -0.39 is 17.9 Å². The molecule has 0 heterocycles. The minimum Gasteiger partial charge on any atom is -0.507 e. The van der Waals surface area contributed by atoms with Crippen LogP contribution in [0.25, 0.3) is 0 Å². The Morgan fingerprint density at radius 3 is 2.54 bits per heavy atom. The standard InChI is InChI=1S/C17H15BrClNO4/c1-24-16(22)9-14(10-2-4-11(18)5-3-10)20-17(23)13-8-12(19)6-7-15(13)21/h2-8,14,21H,9H2,1H3,(H,20,23). The Bertz CT molecular complexity index is 749. The summed E-state index contributed by atoms with van der Waals surface area (Å²) in [4.78, 5) is 24.1. The molecule has 1 unspecified atom stereocenters. The van der Waals surface area contributed by atoms with Crippen LogP contribution in [0.15, 0.2) is 46.9 Å². The van der Waals surface area contributed by atoms with E-state index in [-0.39, 0.29) is 17.7 Å². The molecule has 0 aliphatic heterocycles. The summed E-state index contributed by atoms with van der Waals surface area (Å²) in [5.41, 5.74) is 0.771. The number of hydrogen-bond donors (Lipinski definition) is 2. The van der Waals surface area contributed by atoms with Crippen molar-refractivity contribution in [1.82, 2.24) is 5.32 Å². The number of aromatic hydroxyl groups is 1. The molecule has 2 rings (SSSR count). The number of phenolic OH excluding ortho intramolecular Hbond substituents is 1. The maximum atomic E-state index is 12.4. The first kappa shape index (κ1) is 18.3. The van der Waals surface area contributed by atoms with Crippen molar-refractivity contribution in [2.45, 2.75) is 12.5 Å². The number of benzene rings is 2. The van der Waals surface area contributed by atoms with Crippen LogP contribution in [0.2, 0.25) is 5.02 Å². The van der Waals surface area contributed by atoms with Gasteiger partial charge in [-0.2, -0.15) is 0 Å². The van der Waals surface area contributed by atoms with Gasteiger partial charge in [0, 0.05) is 9.50 Å². The molecule has 1 atom stereocenters. The number of amides is 1. The van der Waals surface area contributed by atoms with Crippen molar-refractivity contribution >= 4 is 39.4 Å². The Hall–Kier alpha value is -2.05. The van der Waals surface area contributed by atoms with Gasteiger partial charge < -0.3 is 15.2 Å². The summed E-state index contributed by atoms with van der Waals surface area (Å²) in [5, 5.41) is 12.9. The molecule has 0 aromatic heterocycles. The molecule has 2 N–H and O–H groups in total. The molecule has 7 heteroatoms. The number of ether oxygens (including phenoxy) is 1. The van der Waals surface area contributed by atoms with Gasteiger partial charge in [-0.05, 0) is 35.9 Å². The summed E-state index contributed by atoms with van der Waals surface area (Å²) in [6, 6.07) is 10.8. The van der Waals surface area contributed by atoms with Crippen molar-refractivity contribution in [2.24, 2.45) is 0 Å². The molecule has 2 aromatic carbocycles. The Morgan fingerprint density at radius 2 is 1.92 bits per heavy atom. The third-order valence-corrected chi connectivity index (χ3v) is 4.14. The number of carbonyl (C=O) groups excluding carboxylic acids is 2. The monoisotopic (exact) mass is 411 g/mol. The number of phenols is 1. The fraction of sp³-hybridized carbons (Fsp3) is 0.176. The third-order valence-electron chi connectivity index (χ3n) is 3.38. The summed E-state index contributed by atoms with van der Waals surface area (Å²) < 4.78 is 5.56. The number of esters is 1. The first-order valence-electron chi connectivity index (χ1n) is 7.02. The van der Waals surface area contributed by atoms with Gasteiger partial charge in [-0.15, -0.1) is 0 Å². The van der Waals surface area contributed by atoms with Gasteiger partial charge in [0.05, 0.1) is 25.1 Å². The van der Waals surface area contributed by atoms with Crippen LogP contribution < -0.4 is 5.32 Å². The van der Waals surface area contributed by atoms with Gasteiger partial charge in [0.25, 0.3) is 5.91 Å². The van der Waals surface area contributed by atoms with E-state index in [1.165, 1.54) is 25.3 Å². The zero-order valence-electron chi connectivity index (χ0n) is 12.8. The fourth-order valence-corrected chi connectivity index (χ4v) is 2.56. The molecule has 0 aliphatic rings. The molecule has 0 fully saturated rings. The quantitative estimate of drug-likeness (QED) is 0.732. The van der Waals surface area contributed by atoms with E-state index in [1.807, 2.05) is 12.1 Å². The number of nitrogens with one attached hydrogen (secondary N) is 1. The Balaban J connectivity index is 2.27. The van der Waals surface area contributed by atoms with E-state index in [4.69, 9.17) is 11.6 Å². The molecule has 0 aliphatic carbocycles. The first-order valence-corrected chi connectivity index (χ1v) is 8.19. The molecule has 2 aromatic rings. The normalized spacial score (nSPS) is 11.6. The van der Waals surface area contributed by atoms with Crippen LogP contribution in [-0.4, -0.2) is 24.1 Å². The van der Waals surface area contributed by atoms with Crippen molar-refractivity contribution in [2.75, 3.05) is 7.11 Å². The van der Waals surface area contributed by atoms with Gasteiger partial charge in [0.2, 0.25) is 0 Å². The maximum Gasteiger partial charge on any atom is 0.307 e. The van der Waals surface area contributed by atoms with Gasteiger partial charge in [0.15, 0.2) is 0 Å². The highest BCUT2D eigenvalue weighted by molar-refractivity contribution is 9.10. The van der Waals surface area contributed by atoms with Gasteiger partial charge in [-0.25, -0.2) is 0 Å². The van der Waals surface area contributed by atoms with Gasteiger partial charge in [0.1, 0.15) is 5.75 Å². The average Bonchev–Trinajstić information content (AvgIpc) is 2.56. The molecule has 24 heavy (non-hydrogen) atoms. The Morgan fingerprint density at radius 1 is 1.25 bits per heavy atom. The van der Waals surface area contributed by atoms with Crippen molar-refractivity contribution in [3.05, 3.63) is 63.1 Å². The van der Waals surface area contributed by atoms with Crippen LogP contribution in [0.4, 0.5) is 0 Å². The largest absolute Gasteiger partial charge is 0.507 e. The Labute approximate surface area is 152 Å². The van der Waals surface area contributed by atoms with Crippen LogP contribution in [0.1, 0.15) is 28.4 Å². The summed E-state index contributed by atoms with van der Waals surface area (Å²) >= 11 is 9.21. The first-order chi connectivity index (χ1) is 11.4. The molecular formula is C17H15BrClNO4. The van der Waals surface area contributed by atoms with Crippen LogP contribution in [0.5, 0.6) is 5.75 Å². The Kier molecular flexibility index (Phi) is 6.23. The minimum atomic E-state index is -0.601. The van der Waals surface area contributed by atoms with E-state index in [0.717, 1.165) is 10.0 Å². The molecule has 0 bridgehead atoms. The van der Waals surface area contributed by atoms with Crippen LogP contribution in [0, 0.1) is 0 Å². The predicted octanol–water partition coefficient (Wildman–Crippen LogP) is 3.84. The maximum absolute atomic E-state index is 12.4. The average molecular weight is 413 g/mol. The zero-order chi connectivity index (χ0) is 17.7. The number of rotatable bonds is 5. The highest BCUT2D eigenvalue weighted by Crippen LogP contribution is 2.24. The molecule has 0 spiro atoms. The van der Waals surface area contributed by atoms with Gasteiger partial charge in [-0.1, -0.05) is 39.7 Å². The lowest BCUT2D eigenvalue weighted by Gasteiger charge is -2.19. The van der Waals surface area contributed by atoms with E-state index in [1.54, 1.807) is 12.1 Å². The second kappa shape index (κ2) is 8.17. The predicted molar refractivity (Wildman–Crippen MR) is 94.1 cm³/mol. The summed E-state index contributed by atoms with van der Waals surface area (Å²) in [6.07, 6.45) is -0.0365. The number of hydrogen-bond acceptors (Lipinski definition) is 4. The fourth-order valence-electron chi connectivity index (χ4n) is 2.12. The topological polar surface area (TPSA) is 75.6 Å². The highest BCUT2D eigenvalue weighted by Gasteiger charge is 2.21. The zero-order valence-corrected chi connectivity index (χ0v) is 15.1. The molecule has 0 saturated heterocycles. The van der Waals surface area contributed by atoms with Gasteiger partial charge in [-0.3, -0.25) is 9.59 Å². The lowest BCUT2D eigenvalue weighted by molar-refractivity contribution is -0.141. The van der Waals surface area contributed by atoms with Crippen LogP contribution in [-0.2, 0) is 9.53 Å². The SMILES string of the molecule is COC(=O)CC(NC(=O)c1cc(Cl)ccc1O)c1ccc(Br)cc1. The van der Waals surface area contributed by atoms with Crippen molar-refractivity contribution in [3.63, 3.8) is 0 Å². The molecule has 1 amide bonds. The molecule has 5 nitrogen and oxygen atoms in total. The lowest BCUT2D eigenvalue weighted by Crippen LogP contribution is -2.30. The molecule has 0 radical (unpaired) electrons. The van der Waals surface area contributed by atoms with E-state index in [0.29, 0.717) is 5.02 Å². The van der Waals surface area contributed by atoms with Crippen LogP contribution in [0.3, 0.4) is 0 Å². The second-order valence-electron chi connectivity index (χ2n) is 5.02. The number of methoxy groups -OCH3 is 1. The van der Waals surface area contributed by atoms with Crippen molar-refractivity contribution < 1.29 is 19.4 Å². The second-order valence-corrected chi connectivity index (χ2v) is 6.37. The highest BCUT2D eigenvalue weighted by atomic mass is 79.9. The number of carbonyl (C=O) groups is 2. The molecule has 0 saturated carbocycles. The van der Waals surface area contributed by atoms with E-state index >= 15 is 0 Å². The van der Waals surface area contributed by atoms with E-state index in [9.17, 15) is 14.7 Å². The van der Waals surface area contributed by atoms with E-state index in [2.05, 4.69) is 26.0 Å². The molecule has 126 valence electrons. The lowest BCUT2D eigenvalue weighted by atomic mass is 10.0. The summed E-state index contributed by atoms with van der Waals surface area (Å²) in [6.45, 7) is 0. The smallest absolute Gasteiger partial charge is 0.307 e. The number of halogens is 2. The molecular weight excluding hydrogens is 398 g/mol. The van der Waals surface area contributed by atoms with Gasteiger partial charge >= 0.3 is 5.97 Å².